The van der Waals surface area contributed by atoms with E-state index >= 15 is 0 Å². The molecule has 0 aliphatic rings. The van der Waals surface area contributed by atoms with Gasteiger partial charge in [0, 0.05) is 28.9 Å². The molecule has 9 heteroatoms. The maximum Gasteiger partial charge on any atom is 0.263 e. The molecule has 4 aromatic heterocycles. The summed E-state index contributed by atoms with van der Waals surface area (Å²) >= 11 is 3.03. The number of benzene rings is 1. The largest absolute Gasteiger partial charge is 0.354 e. The SMILES string of the molecule is Cc1nc2ccccc2n1CCCNC(=O)Cn1cnc2scc(-c3cccs3)c2c1=O. The monoisotopic (exact) mass is 463 g/mol. The van der Waals surface area contributed by atoms with Crippen molar-refractivity contribution in [1.82, 2.24) is 24.4 Å². The topological polar surface area (TPSA) is 81.8 Å². The standard InChI is InChI=1S/C23H21N5O2S2/c1-15-26-17-6-2-3-7-18(17)28(15)10-5-9-24-20(29)12-27-14-25-22-21(23(27)30)16(13-32-22)19-8-4-11-31-19/h2-4,6-8,11,13-14H,5,9-10,12H2,1H3,(H,24,29). The number of para-hydroxylation sites is 2. The minimum Gasteiger partial charge on any atom is -0.354 e. The van der Waals surface area contributed by atoms with Crippen LogP contribution in [0.25, 0.3) is 31.7 Å². The number of nitrogens with one attached hydrogen (secondary N) is 1. The van der Waals surface area contributed by atoms with Crippen LogP contribution in [-0.4, -0.2) is 31.6 Å². The number of carbonyl (C=O) groups excluding carboxylic acids is 1. The molecule has 0 unspecified atom stereocenters. The second-order valence-electron chi connectivity index (χ2n) is 7.49. The lowest BCUT2D eigenvalue weighted by molar-refractivity contribution is -0.121. The number of aromatic nitrogens is 4. The van der Waals surface area contributed by atoms with Crippen LogP contribution in [0.2, 0.25) is 0 Å². The van der Waals surface area contributed by atoms with E-state index in [-0.39, 0.29) is 18.0 Å². The zero-order valence-corrected chi connectivity index (χ0v) is 19.1. The molecule has 1 amide bonds. The first-order valence-corrected chi connectivity index (χ1v) is 12.1. The van der Waals surface area contributed by atoms with Gasteiger partial charge in [0.15, 0.2) is 0 Å². The number of nitrogens with zero attached hydrogens (tertiary/aromatic N) is 4. The van der Waals surface area contributed by atoms with Crippen LogP contribution in [0.3, 0.4) is 0 Å². The normalized spacial score (nSPS) is 11.4. The van der Waals surface area contributed by atoms with Gasteiger partial charge in [0.2, 0.25) is 5.91 Å². The molecule has 0 radical (unpaired) electrons. The van der Waals surface area contributed by atoms with Crippen LogP contribution in [0.5, 0.6) is 0 Å². The fourth-order valence-corrected chi connectivity index (χ4v) is 5.57. The molecule has 4 heterocycles. The predicted octanol–water partition coefficient (Wildman–Crippen LogP) is 4.05. The summed E-state index contributed by atoms with van der Waals surface area (Å²) in [4.78, 5) is 36.2. The number of thiophene rings is 2. The van der Waals surface area contributed by atoms with Crippen molar-refractivity contribution in [2.45, 2.75) is 26.4 Å². The summed E-state index contributed by atoms with van der Waals surface area (Å²) in [5, 5.41) is 7.43. The van der Waals surface area contributed by atoms with Gasteiger partial charge in [-0.05, 0) is 36.9 Å². The Morgan fingerprint density at radius 2 is 2.03 bits per heavy atom. The molecule has 0 saturated heterocycles. The van der Waals surface area contributed by atoms with Crippen LogP contribution in [0, 0.1) is 6.92 Å². The highest BCUT2D eigenvalue weighted by Gasteiger charge is 2.15. The molecule has 7 nitrogen and oxygen atoms in total. The Hall–Kier alpha value is -3.30. The Morgan fingerprint density at radius 1 is 1.16 bits per heavy atom. The third kappa shape index (κ3) is 3.85. The van der Waals surface area contributed by atoms with E-state index in [9.17, 15) is 9.59 Å². The van der Waals surface area contributed by atoms with Gasteiger partial charge in [0.1, 0.15) is 17.2 Å². The number of aryl methyl sites for hydroxylation is 2. The maximum atomic E-state index is 13.0. The van der Waals surface area contributed by atoms with Crippen LogP contribution in [0.4, 0.5) is 0 Å². The van der Waals surface area contributed by atoms with Gasteiger partial charge in [-0.1, -0.05) is 18.2 Å². The molecule has 1 N–H and O–H groups in total. The van der Waals surface area contributed by atoms with Gasteiger partial charge >= 0.3 is 0 Å². The Balaban J connectivity index is 1.23. The average molecular weight is 464 g/mol. The summed E-state index contributed by atoms with van der Waals surface area (Å²) in [6.45, 7) is 3.23. The van der Waals surface area contributed by atoms with E-state index in [4.69, 9.17) is 0 Å². The number of fused-ring (bicyclic) bond motifs is 2. The molecular formula is C23H21N5O2S2. The van der Waals surface area contributed by atoms with Gasteiger partial charge in [-0.3, -0.25) is 14.2 Å². The van der Waals surface area contributed by atoms with Gasteiger partial charge in [-0.25, -0.2) is 9.97 Å². The Kier molecular flexibility index (Phi) is 5.59. The molecule has 162 valence electrons. The summed E-state index contributed by atoms with van der Waals surface area (Å²) in [7, 11) is 0. The van der Waals surface area contributed by atoms with E-state index in [1.54, 1.807) is 11.3 Å². The van der Waals surface area contributed by atoms with E-state index in [1.165, 1.54) is 22.2 Å². The minimum atomic E-state index is -0.201. The lowest BCUT2D eigenvalue weighted by atomic mass is 10.2. The van der Waals surface area contributed by atoms with Crippen molar-refractivity contribution in [3.05, 3.63) is 69.7 Å². The van der Waals surface area contributed by atoms with Crippen LogP contribution in [-0.2, 0) is 17.9 Å². The molecule has 0 saturated carbocycles. The molecule has 0 aliphatic carbocycles. The quantitative estimate of drug-likeness (QED) is 0.369. The Labute approximate surface area is 192 Å². The average Bonchev–Trinajstić information content (AvgIpc) is 3.52. The third-order valence-corrected chi connectivity index (χ3v) is 7.18. The minimum absolute atomic E-state index is 0.0471. The van der Waals surface area contributed by atoms with Crippen molar-refractivity contribution in [2.24, 2.45) is 0 Å². The maximum absolute atomic E-state index is 13.0. The molecule has 0 bridgehead atoms. The second kappa shape index (κ2) is 8.68. The molecule has 0 fully saturated rings. The van der Waals surface area contributed by atoms with E-state index < -0.39 is 0 Å². The van der Waals surface area contributed by atoms with Crippen molar-refractivity contribution in [3.63, 3.8) is 0 Å². The number of amides is 1. The van der Waals surface area contributed by atoms with Crippen molar-refractivity contribution < 1.29 is 4.79 Å². The number of rotatable bonds is 7. The van der Waals surface area contributed by atoms with E-state index in [1.807, 2.05) is 48.0 Å². The van der Waals surface area contributed by atoms with Gasteiger partial charge in [0.25, 0.3) is 5.56 Å². The fourth-order valence-electron chi connectivity index (χ4n) is 3.85. The van der Waals surface area contributed by atoms with Crippen LogP contribution in [0.15, 0.2) is 58.3 Å². The van der Waals surface area contributed by atoms with E-state index in [0.29, 0.717) is 16.8 Å². The van der Waals surface area contributed by atoms with E-state index in [2.05, 4.69) is 25.9 Å². The summed E-state index contributed by atoms with van der Waals surface area (Å²) in [6, 6.07) is 12.0. The highest BCUT2D eigenvalue weighted by Crippen LogP contribution is 2.33. The van der Waals surface area contributed by atoms with Gasteiger partial charge in [-0.2, -0.15) is 0 Å². The summed E-state index contributed by atoms with van der Waals surface area (Å²) in [5.74, 6) is 0.758. The number of imidazole rings is 1. The fraction of sp³-hybridized carbons (Fsp3) is 0.217. The van der Waals surface area contributed by atoms with Gasteiger partial charge in [0.05, 0.1) is 22.7 Å². The van der Waals surface area contributed by atoms with Gasteiger partial charge in [-0.15, -0.1) is 22.7 Å². The van der Waals surface area contributed by atoms with Crippen molar-refractivity contribution in [2.75, 3.05) is 6.54 Å². The van der Waals surface area contributed by atoms with Crippen molar-refractivity contribution in [1.29, 1.82) is 0 Å². The molecule has 0 spiro atoms. The Morgan fingerprint density at radius 3 is 2.88 bits per heavy atom. The zero-order valence-electron chi connectivity index (χ0n) is 17.4. The molecule has 0 aliphatic heterocycles. The smallest absolute Gasteiger partial charge is 0.263 e. The summed E-state index contributed by atoms with van der Waals surface area (Å²) < 4.78 is 3.54. The highest BCUT2D eigenvalue weighted by atomic mass is 32.1. The third-order valence-electron chi connectivity index (χ3n) is 5.39. The predicted molar refractivity (Wildman–Crippen MR) is 129 cm³/mol. The number of carbonyl (C=O) groups is 1. The molecule has 1 aromatic carbocycles. The second-order valence-corrected chi connectivity index (χ2v) is 9.29. The molecule has 5 rings (SSSR count). The highest BCUT2D eigenvalue weighted by molar-refractivity contribution is 7.18. The Bertz CT molecular complexity index is 1460. The van der Waals surface area contributed by atoms with Crippen LogP contribution < -0.4 is 10.9 Å². The number of hydrogen-bond donors (Lipinski definition) is 1. The van der Waals surface area contributed by atoms with E-state index in [0.717, 1.165) is 40.3 Å². The van der Waals surface area contributed by atoms with Crippen molar-refractivity contribution >= 4 is 49.8 Å². The molecule has 5 aromatic rings. The lowest BCUT2D eigenvalue weighted by Crippen LogP contribution is -2.33. The van der Waals surface area contributed by atoms with Crippen molar-refractivity contribution in [3.8, 4) is 10.4 Å². The van der Waals surface area contributed by atoms with Crippen LogP contribution in [0.1, 0.15) is 12.2 Å². The van der Waals surface area contributed by atoms with Gasteiger partial charge < -0.3 is 9.88 Å². The van der Waals surface area contributed by atoms with Crippen LogP contribution >= 0.6 is 22.7 Å². The summed E-state index contributed by atoms with van der Waals surface area (Å²) in [6.07, 6.45) is 2.23. The molecule has 0 atom stereocenters. The number of hydrogen-bond acceptors (Lipinski definition) is 6. The first-order valence-electron chi connectivity index (χ1n) is 10.3. The zero-order chi connectivity index (χ0) is 22.1. The molecular weight excluding hydrogens is 442 g/mol. The lowest BCUT2D eigenvalue weighted by Gasteiger charge is -2.09. The summed E-state index contributed by atoms with van der Waals surface area (Å²) in [5.41, 5.74) is 2.77. The molecule has 32 heavy (non-hydrogen) atoms. The first-order chi connectivity index (χ1) is 15.6. The first kappa shape index (κ1) is 20.6.